The Bertz CT molecular complexity index is 555. The number of nitrogens with one attached hydrogen (secondary N) is 1. The van der Waals surface area contributed by atoms with Crippen LogP contribution in [0.4, 0.5) is 0 Å². The van der Waals surface area contributed by atoms with Crippen LogP contribution in [0.3, 0.4) is 0 Å². The lowest BCUT2D eigenvalue weighted by molar-refractivity contribution is 0.551. The topological polar surface area (TPSA) is 55.6 Å². The summed E-state index contributed by atoms with van der Waals surface area (Å²) in [5.74, 6) is 0. The summed E-state index contributed by atoms with van der Waals surface area (Å²) in [5.41, 5.74) is -0.157. The van der Waals surface area contributed by atoms with Gasteiger partial charge in [-0.3, -0.25) is 9.78 Å². The number of imidazole rings is 1. The number of aromatic amines is 1. The fourth-order valence-corrected chi connectivity index (χ4v) is 1.72. The first-order valence-electron chi connectivity index (χ1n) is 5.01. The summed E-state index contributed by atoms with van der Waals surface area (Å²) in [6.45, 7) is 1.68. The van der Waals surface area contributed by atoms with Crippen molar-refractivity contribution < 1.29 is 0 Å². The highest BCUT2D eigenvalue weighted by Gasteiger charge is 1.94. The van der Waals surface area contributed by atoms with Gasteiger partial charge >= 0.3 is 0 Å². The predicted octanol–water partition coefficient (Wildman–Crippen LogP) is 1.19. The summed E-state index contributed by atoms with van der Waals surface area (Å²) in [6, 6.07) is 1.48. The predicted molar refractivity (Wildman–Crippen MR) is 62.7 cm³/mol. The summed E-state index contributed by atoms with van der Waals surface area (Å²) < 4.78 is 4.33. The minimum Gasteiger partial charge on any atom is -0.337 e. The average molecular weight is 236 g/mol. The van der Waals surface area contributed by atoms with E-state index in [0.29, 0.717) is 4.77 Å². The van der Waals surface area contributed by atoms with E-state index in [1.54, 1.807) is 18.7 Å². The van der Waals surface area contributed by atoms with Crippen LogP contribution in [0.1, 0.15) is 6.42 Å². The Kier molecular flexibility index (Phi) is 3.31. The van der Waals surface area contributed by atoms with E-state index in [4.69, 9.17) is 12.2 Å². The van der Waals surface area contributed by atoms with Gasteiger partial charge in [-0.25, -0.2) is 4.98 Å². The van der Waals surface area contributed by atoms with Gasteiger partial charge in [-0.15, -0.1) is 0 Å². The molecule has 6 heteroatoms. The van der Waals surface area contributed by atoms with Crippen molar-refractivity contribution in [2.75, 3.05) is 0 Å². The van der Waals surface area contributed by atoms with Gasteiger partial charge < -0.3 is 9.13 Å². The van der Waals surface area contributed by atoms with E-state index in [0.717, 1.165) is 19.5 Å². The molecular weight excluding hydrogens is 224 g/mol. The number of hydrogen-bond acceptors (Lipinski definition) is 3. The second-order valence-electron chi connectivity index (χ2n) is 3.46. The van der Waals surface area contributed by atoms with Crippen molar-refractivity contribution in [2.45, 2.75) is 19.5 Å². The molecule has 2 heterocycles. The minimum atomic E-state index is -0.157. The van der Waals surface area contributed by atoms with Crippen LogP contribution >= 0.6 is 12.2 Å². The molecule has 0 fully saturated rings. The maximum atomic E-state index is 11.0. The molecule has 0 unspecified atom stereocenters. The van der Waals surface area contributed by atoms with Gasteiger partial charge in [-0.1, -0.05) is 0 Å². The zero-order chi connectivity index (χ0) is 11.4. The maximum absolute atomic E-state index is 11.0. The fraction of sp³-hybridized carbons (Fsp3) is 0.300. The van der Waals surface area contributed by atoms with Crippen molar-refractivity contribution in [1.29, 1.82) is 0 Å². The Morgan fingerprint density at radius 3 is 2.94 bits per heavy atom. The molecule has 2 aromatic rings. The van der Waals surface area contributed by atoms with Gasteiger partial charge in [0.05, 0.1) is 6.33 Å². The molecule has 0 bridgehead atoms. The Morgan fingerprint density at radius 2 is 2.25 bits per heavy atom. The number of aromatic nitrogens is 4. The second kappa shape index (κ2) is 4.89. The molecule has 0 amide bonds. The highest BCUT2D eigenvalue weighted by Crippen LogP contribution is 1.95. The van der Waals surface area contributed by atoms with Crippen molar-refractivity contribution in [3.8, 4) is 0 Å². The Balaban J connectivity index is 1.95. The van der Waals surface area contributed by atoms with Gasteiger partial charge in [0.2, 0.25) is 0 Å². The second-order valence-corrected chi connectivity index (χ2v) is 3.84. The molecular formula is C10H12N4OS. The summed E-state index contributed by atoms with van der Waals surface area (Å²) in [5, 5.41) is 0. The van der Waals surface area contributed by atoms with Crippen LogP contribution in [0.5, 0.6) is 0 Å². The highest BCUT2D eigenvalue weighted by atomic mass is 32.1. The van der Waals surface area contributed by atoms with E-state index in [1.165, 1.54) is 6.07 Å². The number of hydrogen-bond donors (Lipinski definition) is 1. The lowest BCUT2D eigenvalue weighted by atomic mass is 10.4. The molecule has 0 aromatic carbocycles. The molecule has 5 nitrogen and oxygen atoms in total. The highest BCUT2D eigenvalue weighted by molar-refractivity contribution is 7.71. The molecule has 0 aliphatic heterocycles. The molecule has 1 N–H and O–H groups in total. The molecule has 0 saturated carbocycles. The first kappa shape index (κ1) is 10.8. The number of H-pyrrole nitrogens is 1. The van der Waals surface area contributed by atoms with E-state index in [9.17, 15) is 4.79 Å². The summed E-state index contributed by atoms with van der Waals surface area (Å²) in [7, 11) is 0. The smallest absolute Gasteiger partial charge is 0.251 e. The van der Waals surface area contributed by atoms with Crippen LogP contribution < -0.4 is 5.56 Å². The van der Waals surface area contributed by atoms with Crippen LogP contribution in [0.25, 0.3) is 0 Å². The molecule has 0 aliphatic carbocycles. The average Bonchev–Trinajstić information content (AvgIpc) is 2.74. The lowest BCUT2D eigenvalue weighted by Gasteiger charge is -2.06. The van der Waals surface area contributed by atoms with Gasteiger partial charge in [0, 0.05) is 37.7 Å². The van der Waals surface area contributed by atoms with Gasteiger partial charge in [0.15, 0.2) is 4.77 Å². The van der Waals surface area contributed by atoms with Crippen LogP contribution in [0.15, 0.2) is 35.8 Å². The van der Waals surface area contributed by atoms with Gasteiger partial charge in [-0.05, 0) is 18.6 Å². The molecule has 2 rings (SSSR count). The molecule has 0 spiro atoms. The third kappa shape index (κ3) is 2.66. The first-order valence-corrected chi connectivity index (χ1v) is 5.42. The van der Waals surface area contributed by atoms with Crippen molar-refractivity contribution in [3.05, 3.63) is 46.1 Å². The maximum Gasteiger partial charge on any atom is 0.251 e. The van der Waals surface area contributed by atoms with E-state index in [-0.39, 0.29) is 5.56 Å². The van der Waals surface area contributed by atoms with Crippen LogP contribution in [0, 0.1) is 4.77 Å². The van der Waals surface area contributed by atoms with Gasteiger partial charge in [0.25, 0.3) is 5.56 Å². The van der Waals surface area contributed by atoms with Crippen LogP contribution in [0.2, 0.25) is 0 Å². The van der Waals surface area contributed by atoms with E-state index >= 15 is 0 Å². The van der Waals surface area contributed by atoms with Crippen molar-refractivity contribution in [2.24, 2.45) is 0 Å². The number of rotatable bonds is 4. The van der Waals surface area contributed by atoms with Crippen molar-refractivity contribution >= 4 is 12.2 Å². The van der Waals surface area contributed by atoms with Crippen LogP contribution in [-0.2, 0) is 13.1 Å². The molecule has 84 valence electrons. The monoisotopic (exact) mass is 236 g/mol. The Morgan fingerprint density at radius 1 is 1.38 bits per heavy atom. The number of nitrogens with zero attached hydrogens (tertiary/aromatic N) is 3. The van der Waals surface area contributed by atoms with E-state index < -0.39 is 0 Å². The Labute approximate surface area is 97.4 Å². The van der Waals surface area contributed by atoms with Gasteiger partial charge in [0.1, 0.15) is 0 Å². The standard InChI is InChI=1S/C10H12N4OS/c15-9-2-6-14(10(16)12-9)5-1-4-13-7-3-11-8-13/h2-3,6-8H,1,4-5H2,(H,12,15,16). The normalized spacial score (nSPS) is 10.5. The third-order valence-electron chi connectivity index (χ3n) is 2.27. The molecule has 0 atom stereocenters. The largest absolute Gasteiger partial charge is 0.337 e. The molecule has 0 saturated heterocycles. The Hall–Kier alpha value is -1.69. The van der Waals surface area contributed by atoms with Crippen molar-refractivity contribution in [3.63, 3.8) is 0 Å². The lowest BCUT2D eigenvalue weighted by Crippen LogP contribution is -2.12. The zero-order valence-electron chi connectivity index (χ0n) is 8.67. The first-order chi connectivity index (χ1) is 7.75. The fourth-order valence-electron chi connectivity index (χ4n) is 1.46. The third-order valence-corrected chi connectivity index (χ3v) is 2.61. The zero-order valence-corrected chi connectivity index (χ0v) is 9.48. The summed E-state index contributed by atoms with van der Waals surface area (Å²) in [6.07, 6.45) is 8.12. The molecule has 0 radical (unpaired) electrons. The minimum absolute atomic E-state index is 0.157. The summed E-state index contributed by atoms with van der Waals surface area (Å²) in [4.78, 5) is 17.5. The van der Waals surface area contributed by atoms with Gasteiger partial charge in [-0.2, -0.15) is 0 Å². The van der Waals surface area contributed by atoms with Crippen LogP contribution in [-0.4, -0.2) is 19.1 Å². The molecule has 2 aromatic heterocycles. The molecule has 0 aliphatic rings. The SMILES string of the molecule is O=c1ccn(CCCn2ccnc2)c(=S)[nH]1. The quantitative estimate of drug-likeness (QED) is 0.811. The summed E-state index contributed by atoms with van der Waals surface area (Å²) >= 11 is 5.04. The van der Waals surface area contributed by atoms with E-state index in [1.807, 2.05) is 15.3 Å². The molecule has 16 heavy (non-hydrogen) atoms. The van der Waals surface area contributed by atoms with Crippen molar-refractivity contribution in [1.82, 2.24) is 19.1 Å². The number of aryl methyl sites for hydroxylation is 2. The van der Waals surface area contributed by atoms with E-state index in [2.05, 4.69) is 9.97 Å².